The standard InChI is InChI=1S/C17H19N/c1-3-7-14(8-4-1)16-11-12-18-17(13-16)15-9-5-2-6-10-15/h1-10,16-18H,11-13H2/t16-,17+/m0/s1. The molecule has 92 valence electrons. The van der Waals surface area contributed by atoms with Gasteiger partial charge in [-0.3, -0.25) is 0 Å². The predicted octanol–water partition coefficient (Wildman–Crippen LogP) is 3.89. The van der Waals surface area contributed by atoms with Gasteiger partial charge >= 0.3 is 0 Å². The first kappa shape index (κ1) is 11.5. The zero-order valence-electron chi connectivity index (χ0n) is 10.5. The van der Waals surface area contributed by atoms with Gasteiger partial charge in [-0.2, -0.15) is 0 Å². The highest BCUT2D eigenvalue weighted by Gasteiger charge is 2.23. The molecule has 1 heteroatoms. The van der Waals surface area contributed by atoms with E-state index in [1.165, 1.54) is 24.0 Å². The number of benzene rings is 2. The Kier molecular flexibility index (Phi) is 3.42. The van der Waals surface area contributed by atoms with Crippen LogP contribution in [0, 0.1) is 0 Å². The van der Waals surface area contributed by atoms with E-state index in [1.54, 1.807) is 0 Å². The molecule has 2 atom stereocenters. The maximum Gasteiger partial charge on any atom is 0.0326 e. The molecule has 0 spiro atoms. The molecule has 2 aromatic rings. The van der Waals surface area contributed by atoms with E-state index in [1.807, 2.05) is 0 Å². The lowest BCUT2D eigenvalue weighted by Crippen LogP contribution is -2.30. The Labute approximate surface area is 109 Å². The molecule has 1 N–H and O–H groups in total. The summed E-state index contributed by atoms with van der Waals surface area (Å²) in [7, 11) is 0. The fourth-order valence-electron chi connectivity index (χ4n) is 2.88. The highest BCUT2D eigenvalue weighted by molar-refractivity contribution is 5.24. The van der Waals surface area contributed by atoms with Gasteiger partial charge in [0, 0.05) is 6.04 Å². The second-order valence-corrected chi connectivity index (χ2v) is 5.05. The molecule has 3 rings (SSSR count). The number of hydrogen-bond donors (Lipinski definition) is 1. The second-order valence-electron chi connectivity index (χ2n) is 5.05. The molecule has 1 saturated heterocycles. The Morgan fingerprint density at radius 3 is 2.06 bits per heavy atom. The van der Waals surface area contributed by atoms with Crippen molar-refractivity contribution >= 4 is 0 Å². The normalized spacial score (nSPS) is 23.8. The number of piperidine rings is 1. The first-order valence-electron chi connectivity index (χ1n) is 6.77. The van der Waals surface area contributed by atoms with Crippen molar-refractivity contribution in [2.24, 2.45) is 0 Å². The van der Waals surface area contributed by atoms with Gasteiger partial charge in [0.2, 0.25) is 0 Å². The largest absolute Gasteiger partial charge is 0.310 e. The Balaban J connectivity index is 1.77. The fourth-order valence-corrected chi connectivity index (χ4v) is 2.88. The summed E-state index contributed by atoms with van der Waals surface area (Å²) in [5.74, 6) is 0.692. The van der Waals surface area contributed by atoms with Crippen LogP contribution in [0.15, 0.2) is 60.7 Å². The van der Waals surface area contributed by atoms with Crippen LogP contribution in [0.1, 0.15) is 35.9 Å². The molecule has 0 unspecified atom stereocenters. The molecule has 1 aliphatic rings. The number of nitrogens with one attached hydrogen (secondary N) is 1. The van der Waals surface area contributed by atoms with Gasteiger partial charge in [-0.15, -0.1) is 0 Å². The highest BCUT2D eigenvalue weighted by atomic mass is 14.9. The van der Waals surface area contributed by atoms with E-state index in [2.05, 4.69) is 66.0 Å². The third kappa shape index (κ3) is 2.46. The maximum absolute atomic E-state index is 3.64. The van der Waals surface area contributed by atoms with E-state index < -0.39 is 0 Å². The predicted molar refractivity (Wildman–Crippen MR) is 75.6 cm³/mol. The molecule has 0 bridgehead atoms. The SMILES string of the molecule is c1ccc([C@H]2CCN[C@@H](c3ccccc3)C2)cc1. The van der Waals surface area contributed by atoms with Gasteiger partial charge in [-0.1, -0.05) is 60.7 Å². The lowest BCUT2D eigenvalue weighted by Gasteiger charge is -2.31. The smallest absolute Gasteiger partial charge is 0.0326 e. The van der Waals surface area contributed by atoms with Crippen LogP contribution in [0.4, 0.5) is 0 Å². The minimum Gasteiger partial charge on any atom is -0.310 e. The lowest BCUT2D eigenvalue weighted by atomic mass is 9.84. The van der Waals surface area contributed by atoms with E-state index in [0.717, 1.165) is 6.54 Å². The Bertz CT molecular complexity index is 432. The lowest BCUT2D eigenvalue weighted by molar-refractivity contribution is 0.370. The van der Waals surface area contributed by atoms with Crippen molar-refractivity contribution in [1.82, 2.24) is 5.32 Å². The monoisotopic (exact) mass is 237 g/mol. The summed E-state index contributed by atoms with van der Waals surface area (Å²) >= 11 is 0. The molecule has 0 saturated carbocycles. The molecule has 1 fully saturated rings. The van der Waals surface area contributed by atoms with E-state index in [-0.39, 0.29) is 0 Å². The van der Waals surface area contributed by atoms with Crippen LogP contribution in [0.25, 0.3) is 0 Å². The summed E-state index contributed by atoms with van der Waals surface area (Å²) in [5.41, 5.74) is 2.90. The summed E-state index contributed by atoms with van der Waals surface area (Å²) in [6.45, 7) is 1.11. The van der Waals surface area contributed by atoms with Crippen LogP contribution in [-0.2, 0) is 0 Å². The summed E-state index contributed by atoms with van der Waals surface area (Å²) in [5, 5.41) is 3.64. The summed E-state index contributed by atoms with van der Waals surface area (Å²) in [6, 6.07) is 22.2. The van der Waals surface area contributed by atoms with E-state index in [4.69, 9.17) is 0 Å². The summed E-state index contributed by atoms with van der Waals surface area (Å²) in [4.78, 5) is 0. The van der Waals surface area contributed by atoms with E-state index >= 15 is 0 Å². The van der Waals surface area contributed by atoms with Gasteiger partial charge in [0.15, 0.2) is 0 Å². The zero-order valence-corrected chi connectivity index (χ0v) is 10.5. The Morgan fingerprint density at radius 1 is 0.778 bits per heavy atom. The van der Waals surface area contributed by atoms with E-state index in [9.17, 15) is 0 Å². The molecule has 0 amide bonds. The van der Waals surface area contributed by atoms with Crippen molar-refractivity contribution in [3.63, 3.8) is 0 Å². The molecule has 0 aliphatic carbocycles. The van der Waals surface area contributed by atoms with Crippen molar-refractivity contribution in [2.75, 3.05) is 6.54 Å². The molecule has 18 heavy (non-hydrogen) atoms. The number of rotatable bonds is 2. The van der Waals surface area contributed by atoms with Crippen molar-refractivity contribution < 1.29 is 0 Å². The van der Waals surface area contributed by atoms with Crippen LogP contribution in [-0.4, -0.2) is 6.54 Å². The third-order valence-corrected chi connectivity index (χ3v) is 3.88. The average Bonchev–Trinajstić information content (AvgIpc) is 2.49. The molecule has 0 radical (unpaired) electrons. The zero-order chi connectivity index (χ0) is 12.2. The second kappa shape index (κ2) is 5.36. The molecular weight excluding hydrogens is 218 g/mol. The van der Waals surface area contributed by atoms with Crippen molar-refractivity contribution in [1.29, 1.82) is 0 Å². The van der Waals surface area contributed by atoms with Gasteiger partial charge in [-0.25, -0.2) is 0 Å². The fraction of sp³-hybridized carbons (Fsp3) is 0.294. The van der Waals surface area contributed by atoms with Gasteiger partial charge in [0.25, 0.3) is 0 Å². The van der Waals surface area contributed by atoms with Gasteiger partial charge < -0.3 is 5.32 Å². The van der Waals surface area contributed by atoms with Crippen LogP contribution in [0.2, 0.25) is 0 Å². The molecular formula is C17H19N. The molecule has 1 aliphatic heterocycles. The highest BCUT2D eigenvalue weighted by Crippen LogP contribution is 2.33. The van der Waals surface area contributed by atoms with Crippen molar-refractivity contribution in [3.05, 3.63) is 71.8 Å². The summed E-state index contributed by atoms with van der Waals surface area (Å²) in [6.07, 6.45) is 2.45. The maximum atomic E-state index is 3.64. The average molecular weight is 237 g/mol. The molecule has 1 nitrogen and oxygen atoms in total. The van der Waals surface area contributed by atoms with E-state index in [0.29, 0.717) is 12.0 Å². The molecule has 0 aromatic heterocycles. The van der Waals surface area contributed by atoms with Crippen molar-refractivity contribution in [2.45, 2.75) is 24.8 Å². The quantitative estimate of drug-likeness (QED) is 0.835. The third-order valence-electron chi connectivity index (χ3n) is 3.88. The topological polar surface area (TPSA) is 12.0 Å². The Morgan fingerprint density at radius 2 is 1.39 bits per heavy atom. The minimum absolute atomic E-state index is 0.505. The summed E-state index contributed by atoms with van der Waals surface area (Å²) < 4.78 is 0. The molecule has 1 heterocycles. The van der Waals surface area contributed by atoms with Crippen LogP contribution in [0.5, 0.6) is 0 Å². The first-order valence-corrected chi connectivity index (χ1v) is 6.77. The van der Waals surface area contributed by atoms with Gasteiger partial charge in [-0.05, 0) is 36.4 Å². The van der Waals surface area contributed by atoms with Gasteiger partial charge in [0.1, 0.15) is 0 Å². The Hall–Kier alpha value is -1.60. The van der Waals surface area contributed by atoms with Gasteiger partial charge in [0.05, 0.1) is 0 Å². The molecule has 2 aromatic carbocycles. The van der Waals surface area contributed by atoms with Crippen LogP contribution >= 0.6 is 0 Å². The number of hydrogen-bond acceptors (Lipinski definition) is 1. The first-order chi connectivity index (χ1) is 8.93. The van der Waals surface area contributed by atoms with Crippen LogP contribution < -0.4 is 5.32 Å². The van der Waals surface area contributed by atoms with Crippen molar-refractivity contribution in [3.8, 4) is 0 Å². The minimum atomic E-state index is 0.505. The van der Waals surface area contributed by atoms with Crippen LogP contribution in [0.3, 0.4) is 0 Å².